The molecule has 0 aliphatic carbocycles. The van der Waals surface area contributed by atoms with Crippen LogP contribution in [-0.4, -0.2) is 28.7 Å². The summed E-state index contributed by atoms with van der Waals surface area (Å²) in [6, 6.07) is 17.1. The van der Waals surface area contributed by atoms with E-state index in [1.165, 1.54) is 12.1 Å². The first-order valence-electron chi connectivity index (χ1n) is 9.31. The molecule has 2 aromatic carbocycles. The number of rotatable bonds is 7. The van der Waals surface area contributed by atoms with E-state index in [4.69, 9.17) is 4.74 Å². The maximum atomic E-state index is 12.4. The van der Waals surface area contributed by atoms with Crippen LogP contribution in [-0.2, 0) is 17.9 Å². The van der Waals surface area contributed by atoms with Crippen molar-refractivity contribution in [2.24, 2.45) is 0 Å². The molecule has 30 heavy (non-hydrogen) atoms. The molecule has 2 amide bonds. The second kappa shape index (κ2) is 9.51. The van der Waals surface area contributed by atoms with Gasteiger partial charge in [0.1, 0.15) is 18.0 Å². The summed E-state index contributed by atoms with van der Waals surface area (Å²) >= 11 is 0. The highest BCUT2D eigenvalue weighted by Crippen LogP contribution is 2.16. The van der Waals surface area contributed by atoms with E-state index in [9.17, 15) is 14.4 Å². The Morgan fingerprint density at radius 1 is 1.03 bits per heavy atom. The first-order chi connectivity index (χ1) is 14.5. The predicted molar refractivity (Wildman–Crippen MR) is 112 cm³/mol. The predicted octanol–water partition coefficient (Wildman–Crippen LogP) is 2.13. The van der Waals surface area contributed by atoms with Crippen LogP contribution in [0.5, 0.6) is 5.75 Å². The molecular weight excluding hydrogens is 384 g/mol. The Balaban J connectivity index is 1.65. The van der Waals surface area contributed by atoms with Crippen molar-refractivity contribution in [3.8, 4) is 5.75 Å². The quantitative estimate of drug-likeness (QED) is 0.626. The molecule has 0 fully saturated rings. The number of anilines is 1. The van der Waals surface area contributed by atoms with E-state index in [0.717, 1.165) is 15.8 Å². The lowest BCUT2D eigenvalue weighted by molar-refractivity contribution is -0.122. The second-order valence-electron chi connectivity index (χ2n) is 6.62. The van der Waals surface area contributed by atoms with Gasteiger partial charge in [-0.2, -0.15) is 5.10 Å². The molecule has 2 N–H and O–H groups in total. The normalized spacial score (nSPS) is 10.3. The molecule has 1 aromatic heterocycles. The number of methoxy groups -OCH3 is 1. The van der Waals surface area contributed by atoms with E-state index in [1.54, 1.807) is 25.3 Å². The Labute approximate surface area is 173 Å². The fourth-order valence-electron chi connectivity index (χ4n) is 2.75. The Hall–Kier alpha value is -3.94. The number of carbonyl (C=O) groups is 2. The molecule has 0 bridgehead atoms. The first-order valence-corrected chi connectivity index (χ1v) is 9.31. The van der Waals surface area contributed by atoms with Crippen molar-refractivity contribution in [1.82, 2.24) is 15.1 Å². The molecule has 0 saturated carbocycles. The fraction of sp³-hybridized carbons (Fsp3) is 0.182. The van der Waals surface area contributed by atoms with Crippen LogP contribution in [0.1, 0.15) is 21.6 Å². The van der Waals surface area contributed by atoms with Gasteiger partial charge in [0.15, 0.2) is 0 Å². The van der Waals surface area contributed by atoms with Crippen molar-refractivity contribution in [2.75, 3.05) is 12.4 Å². The van der Waals surface area contributed by atoms with Gasteiger partial charge in [-0.15, -0.1) is 0 Å². The summed E-state index contributed by atoms with van der Waals surface area (Å²) in [5, 5.41) is 9.46. The minimum absolute atomic E-state index is 0.0349. The molecule has 0 saturated heterocycles. The fourth-order valence-corrected chi connectivity index (χ4v) is 2.75. The number of amides is 2. The number of nitrogens with one attached hydrogen (secondary N) is 2. The summed E-state index contributed by atoms with van der Waals surface area (Å²) in [6.45, 7) is 1.88. The number of hydrogen-bond acceptors (Lipinski definition) is 5. The largest absolute Gasteiger partial charge is 0.496 e. The summed E-state index contributed by atoms with van der Waals surface area (Å²) in [5.74, 6) is -0.225. The summed E-state index contributed by atoms with van der Waals surface area (Å²) in [7, 11) is 1.55. The van der Waals surface area contributed by atoms with Crippen molar-refractivity contribution in [3.05, 3.63) is 87.8 Å². The van der Waals surface area contributed by atoms with E-state index < -0.39 is 17.4 Å². The Morgan fingerprint density at radius 2 is 1.77 bits per heavy atom. The minimum Gasteiger partial charge on any atom is -0.496 e. The van der Waals surface area contributed by atoms with Gasteiger partial charge in [-0.05, 0) is 31.2 Å². The lowest BCUT2D eigenvalue weighted by Gasteiger charge is -2.11. The summed E-state index contributed by atoms with van der Waals surface area (Å²) in [4.78, 5) is 36.8. The molecule has 1 heterocycles. The van der Waals surface area contributed by atoms with Gasteiger partial charge in [-0.25, -0.2) is 4.68 Å². The number of ether oxygens (including phenoxy) is 1. The summed E-state index contributed by atoms with van der Waals surface area (Å²) in [6.07, 6.45) is 0. The third kappa shape index (κ3) is 5.32. The Kier molecular flexibility index (Phi) is 6.59. The molecule has 3 rings (SSSR count). The zero-order valence-electron chi connectivity index (χ0n) is 16.7. The molecule has 8 nitrogen and oxygen atoms in total. The third-order valence-corrected chi connectivity index (χ3v) is 4.37. The van der Waals surface area contributed by atoms with E-state index in [-0.39, 0.29) is 18.8 Å². The molecule has 3 aromatic rings. The van der Waals surface area contributed by atoms with Crippen LogP contribution in [0.3, 0.4) is 0 Å². The topological polar surface area (TPSA) is 102 Å². The van der Waals surface area contributed by atoms with Crippen LogP contribution in [0.4, 0.5) is 5.69 Å². The summed E-state index contributed by atoms with van der Waals surface area (Å²) < 4.78 is 6.21. The monoisotopic (exact) mass is 406 g/mol. The van der Waals surface area contributed by atoms with E-state index >= 15 is 0 Å². The smallest absolute Gasteiger partial charge is 0.276 e. The van der Waals surface area contributed by atoms with Crippen molar-refractivity contribution >= 4 is 17.5 Å². The molecule has 0 unspecified atom stereocenters. The van der Waals surface area contributed by atoms with Gasteiger partial charge < -0.3 is 15.4 Å². The van der Waals surface area contributed by atoms with Gasteiger partial charge in [-0.3, -0.25) is 14.4 Å². The van der Waals surface area contributed by atoms with Crippen molar-refractivity contribution in [2.45, 2.75) is 20.0 Å². The second-order valence-corrected chi connectivity index (χ2v) is 6.62. The highest BCUT2D eigenvalue weighted by atomic mass is 16.5. The standard InChI is InChI=1S/C22H22N4O4/c1-15-7-9-17(10-8-15)24-22(29)18-11-12-21(28)26(25-18)14-20(27)23-13-16-5-3-4-6-19(16)30-2/h3-12H,13-14H2,1-2H3,(H,23,27)(H,24,29). The number of para-hydroxylation sites is 1. The number of carbonyl (C=O) groups excluding carboxylic acids is 2. The SMILES string of the molecule is COc1ccccc1CNC(=O)Cn1nc(C(=O)Nc2ccc(C)cc2)ccc1=O. The van der Waals surface area contributed by atoms with Crippen molar-refractivity contribution < 1.29 is 14.3 Å². The molecule has 8 heteroatoms. The average Bonchev–Trinajstić information content (AvgIpc) is 2.75. The summed E-state index contributed by atoms with van der Waals surface area (Å²) in [5.41, 5.74) is 2.04. The molecular formula is C22H22N4O4. The molecule has 0 atom stereocenters. The van der Waals surface area contributed by atoms with Crippen LogP contribution in [0.15, 0.2) is 65.5 Å². The maximum absolute atomic E-state index is 12.4. The molecule has 154 valence electrons. The maximum Gasteiger partial charge on any atom is 0.276 e. The molecule has 0 aliphatic rings. The zero-order chi connectivity index (χ0) is 21.5. The lowest BCUT2D eigenvalue weighted by atomic mass is 10.2. The van der Waals surface area contributed by atoms with E-state index in [2.05, 4.69) is 15.7 Å². The number of hydrogen-bond donors (Lipinski definition) is 2. The zero-order valence-corrected chi connectivity index (χ0v) is 16.7. The first kappa shape index (κ1) is 20.8. The van der Waals surface area contributed by atoms with Crippen LogP contribution in [0, 0.1) is 6.92 Å². The highest BCUT2D eigenvalue weighted by Gasteiger charge is 2.12. The van der Waals surface area contributed by atoms with E-state index in [0.29, 0.717) is 11.4 Å². The van der Waals surface area contributed by atoms with E-state index in [1.807, 2.05) is 37.3 Å². The highest BCUT2D eigenvalue weighted by molar-refractivity contribution is 6.02. The van der Waals surface area contributed by atoms with Gasteiger partial charge in [0.2, 0.25) is 5.91 Å². The van der Waals surface area contributed by atoms with Crippen molar-refractivity contribution in [1.29, 1.82) is 0 Å². The Bertz CT molecular complexity index is 1110. The number of nitrogens with zero attached hydrogens (tertiary/aromatic N) is 2. The van der Waals surface area contributed by atoms with Crippen molar-refractivity contribution in [3.63, 3.8) is 0 Å². The van der Waals surface area contributed by atoms with Gasteiger partial charge >= 0.3 is 0 Å². The average molecular weight is 406 g/mol. The minimum atomic E-state index is -0.477. The third-order valence-electron chi connectivity index (χ3n) is 4.37. The Morgan fingerprint density at radius 3 is 2.50 bits per heavy atom. The number of benzene rings is 2. The van der Waals surface area contributed by atoms with Crippen LogP contribution >= 0.6 is 0 Å². The number of aromatic nitrogens is 2. The van der Waals surface area contributed by atoms with Gasteiger partial charge in [0, 0.05) is 23.9 Å². The number of aryl methyl sites for hydroxylation is 1. The molecule has 0 spiro atoms. The van der Waals surface area contributed by atoms with Crippen LogP contribution in [0.2, 0.25) is 0 Å². The van der Waals surface area contributed by atoms with Gasteiger partial charge in [0.05, 0.1) is 7.11 Å². The van der Waals surface area contributed by atoms with Crippen LogP contribution in [0.25, 0.3) is 0 Å². The van der Waals surface area contributed by atoms with Gasteiger partial charge in [0.25, 0.3) is 11.5 Å². The van der Waals surface area contributed by atoms with Gasteiger partial charge in [-0.1, -0.05) is 35.9 Å². The molecule has 0 radical (unpaired) electrons. The van der Waals surface area contributed by atoms with Crippen LogP contribution < -0.4 is 20.9 Å². The lowest BCUT2D eigenvalue weighted by Crippen LogP contribution is -2.34. The molecule has 0 aliphatic heterocycles.